The van der Waals surface area contributed by atoms with Crippen LogP contribution in [0.15, 0.2) is 22.7 Å². The Bertz CT molecular complexity index is 644. The number of anilines is 1. The number of thiophene rings is 1. The lowest BCUT2D eigenvalue weighted by molar-refractivity contribution is 0.593. The van der Waals surface area contributed by atoms with Gasteiger partial charge < -0.3 is 5.32 Å². The minimum absolute atomic E-state index is 0.00572. The van der Waals surface area contributed by atoms with Gasteiger partial charge in [-0.25, -0.2) is 8.78 Å². The lowest BCUT2D eigenvalue weighted by Crippen LogP contribution is -2.08. The third-order valence-electron chi connectivity index (χ3n) is 3.19. The van der Waals surface area contributed by atoms with E-state index in [1.54, 1.807) is 11.3 Å². The van der Waals surface area contributed by atoms with Crippen molar-refractivity contribution in [2.24, 2.45) is 0 Å². The quantitative estimate of drug-likeness (QED) is 0.690. The molecule has 1 aromatic heterocycles. The van der Waals surface area contributed by atoms with Crippen LogP contribution in [-0.4, -0.2) is 0 Å². The number of hydrogen-bond donors (Lipinski definition) is 1. The minimum Gasteiger partial charge on any atom is -0.376 e. The normalized spacial score (nSPS) is 17.6. The molecule has 3 rings (SSSR count). The van der Waals surface area contributed by atoms with Crippen LogP contribution in [0.5, 0.6) is 0 Å². The molecule has 0 aliphatic heterocycles. The molecule has 6 heteroatoms. The number of halogens is 4. The van der Waals surface area contributed by atoms with E-state index in [0.29, 0.717) is 0 Å². The zero-order chi connectivity index (χ0) is 13.6. The molecule has 0 bridgehead atoms. The molecular formula is C13H9BrClF2NS. The van der Waals surface area contributed by atoms with E-state index in [9.17, 15) is 8.78 Å². The molecule has 0 saturated heterocycles. The van der Waals surface area contributed by atoms with Crippen molar-refractivity contribution >= 4 is 44.6 Å². The van der Waals surface area contributed by atoms with E-state index in [1.807, 2.05) is 6.07 Å². The standard InChI is InChI=1S/C13H9BrClF2NS/c14-7-4-9(17)11(5-8(7)16)18-10-1-2-12-6(10)3-13(15)19-12/h3-5,10,18H,1-2H2. The summed E-state index contributed by atoms with van der Waals surface area (Å²) in [5, 5.41) is 3.06. The number of hydrogen-bond acceptors (Lipinski definition) is 2. The zero-order valence-electron chi connectivity index (χ0n) is 9.64. The van der Waals surface area contributed by atoms with Gasteiger partial charge >= 0.3 is 0 Å². The molecule has 19 heavy (non-hydrogen) atoms. The van der Waals surface area contributed by atoms with Crippen molar-refractivity contribution in [3.05, 3.63) is 49.1 Å². The average Bonchev–Trinajstić information content (AvgIpc) is 2.87. The average molecular weight is 365 g/mol. The first-order valence-corrected chi connectivity index (χ1v) is 7.72. The summed E-state index contributed by atoms with van der Waals surface area (Å²) in [7, 11) is 0. The predicted octanol–water partition coefficient (Wildman–Crippen LogP) is 5.54. The summed E-state index contributed by atoms with van der Waals surface area (Å²) in [4.78, 5) is 1.22. The molecule has 1 aliphatic carbocycles. The van der Waals surface area contributed by atoms with E-state index < -0.39 is 11.6 Å². The fourth-order valence-electron chi connectivity index (χ4n) is 2.30. The smallest absolute Gasteiger partial charge is 0.147 e. The van der Waals surface area contributed by atoms with Crippen molar-refractivity contribution in [2.75, 3.05) is 5.32 Å². The van der Waals surface area contributed by atoms with Gasteiger partial charge in [0.1, 0.15) is 11.6 Å². The Morgan fingerprint density at radius 2 is 2.05 bits per heavy atom. The SMILES string of the molecule is Fc1cc(NC2CCc3sc(Cl)cc32)c(F)cc1Br. The fourth-order valence-corrected chi connectivity index (χ4v) is 3.97. The highest BCUT2D eigenvalue weighted by atomic mass is 79.9. The maximum atomic E-state index is 13.8. The van der Waals surface area contributed by atoms with Gasteiger partial charge in [0.25, 0.3) is 0 Å². The highest BCUT2D eigenvalue weighted by molar-refractivity contribution is 9.10. The highest BCUT2D eigenvalue weighted by Crippen LogP contribution is 2.41. The van der Waals surface area contributed by atoms with Crippen LogP contribution in [-0.2, 0) is 6.42 Å². The zero-order valence-corrected chi connectivity index (χ0v) is 12.8. The third kappa shape index (κ3) is 2.51. The molecule has 1 N–H and O–H groups in total. The molecule has 0 saturated carbocycles. The number of fused-ring (bicyclic) bond motifs is 1. The molecule has 1 nitrogen and oxygen atoms in total. The molecular weight excluding hydrogens is 356 g/mol. The first kappa shape index (κ1) is 13.3. The van der Waals surface area contributed by atoms with Crippen molar-refractivity contribution in [3.63, 3.8) is 0 Å². The van der Waals surface area contributed by atoms with E-state index in [0.717, 1.165) is 28.8 Å². The first-order chi connectivity index (χ1) is 9.04. The number of rotatable bonds is 2. The van der Waals surface area contributed by atoms with Crippen LogP contribution in [0.25, 0.3) is 0 Å². The largest absolute Gasteiger partial charge is 0.376 e. The molecule has 0 radical (unpaired) electrons. The molecule has 1 unspecified atom stereocenters. The number of aryl methyl sites for hydroxylation is 1. The Balaban J connectivity index is 1.89. The van der Waals surface area contributed by atoms with E-state index in [2.05, 4.69) is 21.2 Å². The van der Waals surface area contributed by atoms with Gasteiger partial charge in [-0.05, 0) is 46.5 Å². The third-order valence-corrected chi connectivity index (χ3v) is 5.13. The lowest BCUT2D eigenvalue weighted by Gasteiger charge is -2.15. The fraction of sp³-hybridized carbons (Fsp3) is 0.231. The maximum absolute atomic E-state index is 13.8. The van der Waals surface area contributed by atoms with Crippen molar-refractivity contribution in [1.82, 2.24) is 0 Å². The van der Waals surface area contributed by atoms with Gasteiger partial charge in [-0.2, -0.15) is 0 Å². The van der Waals surface area contributed by atoms with Crippen LogP contribution in [0.4, 0.5) is 14.5 Å². The lowest BCUT2D eigenvalue weighted by atomic mass is 10.1. The summed E-state index contributed by atoms with van der Waals surface area (Å²) in [6, 6.07) is 4.20. The van der Waals surface area contributed by atoms with Crippen LogP contribution >= 0.6 is 38.9 Å². The van der Waals surface area contributed by atoms with Crippen LogP contribution in [0, 0.1) is 11.6 Å². The maximum Gasteiger partial charge on any atom is 0.147 e. The Hall–Kier alpha value is -0.650. The summed E-state index contributed by atoms with van der Waals surface area (Å²) in [6.45, 7) is 0. The molecule has 1 atom stereocenters. The number of benzene rings is 1. The predicted molar refractivity (Wildman–Crippen MR) is 78.1 cm³/mol. The highest BCUT2D eigenvalue weighted by Gasteiger charge is 2.25. The molecule has 1 heterocycles. The number of nitrogens with one attached hydrogen (secondary N) is 1. The van der Waals surface area contributed by atoms with Crippen molar-refractivity contribution in [2.45, 2.75) is 18.9 Å². The minimum atomic E-state index is -0.481. The second-order valence-corrected chi connectivity index (χ2v) is 7.03. The van der Waals surface area contributed by atoms with E-state index in [1.165, 1.54) is 10.9 Å². The Morgan fingerprint density at radius 1 is 1.26 bits per heavy atom. The summed E-state index contributed by atoms with van der Waals surface area (Å²) in [5.41, 5.74) is 1.28. The van der Waals surface area contributed by atoms with Gasteiger partial charge in [0.2, 0.25) is 0 Å². The molecule has 100 valence electrons. The summed E-state index contributed by atoms with van der Waals surface area (Å²) < 4.78 is 28.1. The van der Waals surface area contributed by atoms with Gasteiger partial charge in [0.05, 0.1) is 20.5 Å². The summed E-state index contributed by atoms with van der Waals surface area (Å²) in [6.07, 6.45) is 1.79. The van der Waals surface area contributed by atoms with Gasteiger partial charge in [0, 0.05) is 10.9 Å². The van der Waals surface area contributed by atoms with Crippen LogP contribution in [0.2, 0.25) is 4.34 Å². The topological polar surface area (TPSA) is 12.0 Å². The van der Waals surface area contributed by atoms with Gasteiger partial charge in [0.15, 0.2) is 0 Å². The van der Waals surface area contributed by atoms with Crippen LogP contribution in [0.1, 0.15) is 22.9 Å². The van der Waals surface area contributed by atoms with Crippen LogP contribution in [0.3, 0.4) is 0 Å². The molecule has 0 spiro atoms. The Labute approximate surface area is 126 Å². The van der Waals surface area contributed by atoms with Gasteiger partial charge in [-0.1, -0.05) is 11.6 Å². The monoisotopic (exact) mass is 363 g/mol. The Morgan fingerprint density at radius 3 is 2.84 bits per heavy atom. The molecule has 0 fully saturated rings. The molecule has 1 aliphatic rings. The van der Waals surface area contributed by atoms with Gasteiger partial charge in [-0.3, -0.25) is 0 Å². The van der Waals surface area contributed by atoms with Gasteiger partial charge in [-0.15, -0.1) is 11.3 Å². The van der Waals surface area contributed by atoms with Crippen molar-refractivity contribution < 1.29 is 8.78 Å². The van der Waals surface area contributed by atoms with E-state index in [-0.39, 0.29) is 16.2 Å². The summed E-state index contributed by atoms with van der Waals surface area (Å²) >= 11 is 10.5. The molecule has 2 aromatic rings. The second-order valence-electron chi connectivity index (χ2n) is 4.41. The van der Waals surface area contributed by atoms with Crippen LogP contribution < -0.4 is 5.32 Å². The molecule has 0 amide bonds. The Kier molecular flexibility index (Phi) is 3.53. The van der Waals surface area contributed by atoms with E-state index >= 15 is 0 Å². The first-order valence-electron chi connectivity index (χ1n) is 5.74. The van der Waals surface area contributed by atoms with Crippen molar-refractivity contribution in [3.8, 4) is 0 Å². The van der Waals surface area contributed by atoms with Crippen molar-refractivity contribution in [1.29, 1.82) is 0 Å². The summed E-state index contributed by atoms with van der Waals surface area (Å²) in [5.74, 6) is -0.950. The second kappa shape index (κ2) is 5.04. The molecule has 1 aromatic carbocycles. The van der Waals surface area contributed by atoms with E-state index in [4.69, 9.17) is 11.6 Å².